The highest BCUT2D eigenvalue weighted by molar-refractivity contribution is 6.14. The summed E-state index contributed by atoms with van der Waals surface area (Å²) in [4.78, 5) is 25.8. The summed E-state index contributed by atoms with van der Waals surface area (Å²) in [5.74, 6) is -0.732. The van der Waals surface area contributed by atoms with E-state index in [0.717, 1.165) is 5.56 Å². The molecule has 0 spiro atoms. The Labute approximate surface area is 189 Å². The maximum absolute atomic E-state index is 14.9. The monoisotopic (exact) mass is 446 g/mol. The number of rotatable bonds is 6. The molecular weight excluding hydrogens is 423 g/mol. The van der Waals surface area contributed by atoms with Crippen LogP contribution in [0.4, 0.5) is 16.0 Å². The van der Waals surface area contributed by atoms with Crippen LogP contribution in [0.15, 0.2) is 60.7 Å². The van der Waals surface area contributed by atoms with Crippen LogP contribution in [0.5, 0.6) is 0 Å². The van der Waals surface area contributed by atoms with Gasteiger partial charge in [0.1, 0.15) is 11.7 Å². The lowest BCUT2D eigenvalue weighted by Gasteiger charge is -2.19. The van der Waals surface area contributed by atoms with Crippen molar-refractivity contribution in [2.24, 2.45) is 5.73 Å². The number of nitrogens with two attached hydrogens (primary N) is 2. The van der Waals surface area contributed by atoms with E-state index < -0.39 is 5.82 Å². The van der Waals surface area contributed by atoms with Crippen LogP contribution in [-0.2, 0) is 6.42 Å². The minimum absolute atomic E-state index is 0.0943. The zero-order chi connectivity index (χ0) is 23.4. The summed E-state index contributed by atoms with van der Waals surface area (Å²) in [6.45, 7) is 0.797. The average Bonchev–Trinajstić information content (AvgIpc) is 3.20. The Kier molecular flexibility index (Phi) is 6.25. The Bertz CT molecular complexity index is 1210. The van der Waals surface area contributed by atoms with Crippen LogP contribution in [0.2, 0.25) is 0 Å². The quantitative estimate of drug-likeness (QED) is 0.453. The number of benzene rings is 1. The number of amides is 1. The second kappa shape index (κ2) is 9.43. The van der Waals surface area contributed by atoms with Crippen molar-refractivity contribution in [1.82, 2.24) is 20.3 Å². The molecule has 1 fully saturated rings. The van der Waals surface area contributed by atoms with E-state index >= 15 is 0 Å². The summed E-state index contributed by atoms with van der Waals surface area (Å²) in [5, 5.41) is 11.3. The molecule has 0 atom stereocenters. The van der Waals surface area contributed by atoms with Gasteiger partial charge in [-0.15, -0.1) is 0 Å². The molecule has 1 aliphatic heterocycles. The molecule has 10 heteroatoms. The van der Waals surface area contributed by atoms with Crippen LogP contribution in [-0.4, -0.2) is 39.8 Å². The van der Waals surface area contributed by atoms with E-state index in [1.165, 1.54) is 29.4 Å². The zero-order valence-corrected chi connectivity index (χ0v) is 17.8. The zero-order valence-electron chi connectivity index (χ0n) is 17.8. The Hall–Kier alpha value is -4.34. The van der Waals surface area contributed by atoms with Gasteiger partial charge >= 0.3 is 0 Å². The number of halogens is 1. The van der Waals surface area contributed by atoms with Gasteiger partial charge in [-0.05, 0) is 42.7 Å². The second-order valence-electron chi connectivity index (χ2n) is 7.51. The fourth-order valence-electron chi connectivity index (χ4n) is 3.61. The molecule has 0 saturated carbocycles. The number of nitrogens with one attached hydrogen (secondary N) is 2. The maximum Gasteiger partial charge on any atom is 0.251 e. The van der Waals surface area contributed by atoms with Crippen LogP contribution >= 0.6 is 0 Å². The van der Waals surface area contributed by atoms with Crippen LogP contribution in [0.3, 0.4) is 0 Å². The van der Waals surface area contributed by atoms with Gasteiger partial charge in [0, 0.05) is 60.3 Å². The van der Waals surface area contributed by atoms with Gasteiger partial charge in [-0.3, -0.25) is 15.2 Å². The van der Waals surface area contributed by atoms with Gasteiger partial charge in [0.05, 0.1) is 5.69 Å². The number of hydrogen-bond donors (Lipinski definition) is 4. The largest absolute Gasteiger partial charge is 0.398 e. The lowest BCUT2D eigenvalue weighted by molar-refractivity contribution is 0.0953. The van der Waals surface area contributed by atoms with Gasteiger partial charge in [-0.2, -0.15) is 0 Å². The third kappa shape index (κ3) is 4.79. The number of hydrogen-bond acceptors (Lipinski definition) is 7. The molecule has 9 nitrogen and oxygen atoms in total. The van der Waals surface area contributed by atoms with Gasteiger partial charge in [-0.25, -0.2) is 14.4 Å². The number of carbonyl (C=O) groups excluding carboxylic acids is 1. The van der Waals surface area contributed by atoms with E-state index in [2.05, 4.69) is 20.3 Å². The van der Waals surface area contributed by atoms with E-state index in [4.69, 9.17) is 16.9 Å². The molecule has 2 aromatic heterocycles. The molecule has 0 radical (unpaired) electrons. The first kappa shape index (κ1) is 21.9. The summed E-state index contributed by atoms with van der Waals surface area (Å²) in [6.07, 6.45) is 7.49. The number of anilines is 2. The van der Waals surface area contributed by atoms with E-state index in [1.807, 2.05) is 12.1 Å². The first-order chi connectivity index (χ1) is 15.9. The average molecular weight is 446 g/mol. The molecule has 0 unspecified atom stereocenters. The normalized spacial score (nSPS) is 14.9. The maximum atomic E-state index is 14.9. The van der Waals surface area contributed by atoms with Crippen molar-refractivity contribution in [1.29, 1.82) is 5.41 Å². The highest BCUT2D eigenvalue weighted by Gasteiger charge is 2.28. The van der Waals surface area contributed by atoms with Gasteiger partial charge in [0.2, 0.25) is 5.95 Å². The van der Waals surface area contributed by atoms with Crippen molar-refractivity contribution in [3.63, 3.8) is 0 Å². The topological polar surface area (TPSA) is 147 Å². The number of nitrogen functional groups attached to an aromatic ring is 1. The third-order valence-electron chi connectivity index (χ3n) is 5.37. The molecule has 1 saturated heterocycles. The van der Waals surface area contributed by atoms with Crippen molar-refractivity contribution in [2.75, 3.05) is 23.7 Å². The van der Waals surface area contributed by atoms with Crippen molar-refractivity contribution in [3.05, 3.63) is 83.2 Å². The van der Waals surface area contributed by atoms with E-state index in [-0.39, 0.29) is 28.9 Å². The van der Waals surface area contributed by atoms with E-state index in [9.17, 15) is 9.18 Å². The minimum Gasteiger partial charge on any atom is -0.398 e. The standard InChI is InChI=1S/C23H23FN8O/c24-18-10-15(22(33)29-8-5-14-2-1-7-28-11-14)3-4-19(18)32-9-6-17(21(32)26)20(25)16-12-30-23(27)31-13-16/h1-4,7,10-13,26H,5-6,8-9,25H2,(H,29,33)(H2,27,30,31). The molecule has 168 valence electrons. The van der Waals surface area contributed by atoms with Gasteiger partial charge < -0.3 is 21.7 Å². The molecule has 6 N–H and O–H groups in total. The highest BCUT2D eigenvalue weighted by Crippen LogP contribution is 2.30. The molecule has 4 rings (SSSR count). The Morgan fingerprint density at radius 3 is 2.67 bits per heavy atom. The number of aromatic nitrogens is 3. The van der Waals surface area contributed by atoms with Crippen LogP contribution in [0.1, 0.15) is 27.9 Å². The molecule has 0 aliphatic carbocycles. The Morgan fingerprint density at radius 2 is 1.97 bits per heavy atom. The molecule has 1 aliphatic rings. The summed E-state index contributed by atoms with van der Waals surface area (Å²) in [6, 6.07) is 7.99. The fraction of sp³-hybridized carbons (Fsp3) is 0.174. The Balaban J connectivity index is 1.44. The predicted octanol–water partition coefficient (Wildman–Crippen LogP) is 2.12. The van der Waals surface area contributed by atoms with Crippen LogP contribution in [0.25, 0.3) is 5.70 Å². The van der Waals surface area contributed by atoms with Crippen molar-refractivity contribution < 1.29 is 9.18 Å². The number of carbonyl (C=O) groups is 1. The first-order valence-corrected chi connectivity index (χ1v) is 10.3. The molecule has 3 heterocycles. The molecular formula is C23H23FN8O. The summed E-state index contributed by atoms with van der Waals surface area (Å²) in [5.41, 5.74) is 14.6. The Morgan fingerprint density at radius 1 is 1.18 bits per heavy atom. The number of nitrogens with zero attached hydrogens (tertiary/aromatic N) is 4. The summed E-state index contributed by atoms with van der Waals surface area (Å²) < 4.78 is 14.9. The summed E-state index contributed by atoms with van der Waals surface area (Å²) in [7, 11) is 0. The van der Waals surface area contributed by atoms with Crippen LogP contribution < -0.4 is 21.7 Å². The van der Waals surface area contributed by atoms with Crippen LogP contribution in [0, 0.1) is 11.2 Å². The summed E-state index contributed by atoms with van der Waals surface area (Å²) >= 11 is 0. The van der Waals surface area contributed by atoms with Gasteiger partial charge in [0.25, 0.3) is 5.91 Å². The van der Waals surface area contributed by atoms with Crippen molar-refractivity contribution in [3.8, 4) is 0 Å². The van der Waals surface area contributed by atoms with E-state index in [0.29, 0.717) is 42.8 Å². The lowest BCUT2D eigenvalue weighted by atomic mass is 10.1. The van der Waals surface area contributed by atoms with Crippen molar-refractivity contribution in [2.45, 2.75) is 12.8 Å². The van der Waals surface area contributed by atoms with Crippen molar-refractivity contribution >= 4 is 29.1 Å². The third-order valence-corrected chi connectivity index (χ3v) is 5.37. The first-order valence-electron chi connectivity index (χ1n) is 10.3. The minimum atomic E-state index is -0.588. The predicted molar refractivity (Wildman–Crippen MR) is 124 cm³/mol. The van der Waals surface area contributed by atoms with E-state index in [1.54, 1.807) is 18.5 Å². The SMILES string of the molecule is N=C1C(=C(N)c2cnc(N)nc2)CCN1c1ccc(C(=O)NCCc2cccnc2)cc1F. The number of amidine groups is 1. The number of pyridine rings is 1. The molecule has 1 amide bonds. The smallest absolute Gasteiger partial charge is 0.251 e. The van der Waals surface area contributed by atoms with Gasteiger partial charge in [0.15, 0.2) is 0 Å². The highest BCUT2D eigenvalue weighted by atomic mass is 19.1. The lowest BCUT2D eigenvalue weighted by Crippen LogP contribution is -2.27. The fourth-order valence-corrected chi connectivity index (χ4v) is 3.61. The second-order valence-corrected chi connectivity index (χ2v) is 7.51. The molecule has 3 aromatic rings. The molecule has 0 bridgehead atoms. The molecule has 1 aromatic carbocycles. The molecule has 33 heavy (non-hydrogen) atoms. The van der Waals surface area contributed by atoms with Gasteiger partial charge in [-0.1, -0.05) is 6.07 Å².